The number of rotatable bonds is 1. The maximum atomic E-state index is 7.59. The van der Waals surface area contributed by atoms with E-state index in [0.717, 1.165) is 5.56 Å². The van der Waals surface area contributed by atoms with Gasteiger partial charge >= 0.3 is 0 Å². The summed E-state index contributed by atoms with van der Waals surface area (Å²) in [5, 5.41) is 0.351. The van der Waals surface area contributed by atoms with Gasteiger partial charge in [0.2, 0.25) is 0 Å². The average molecular weight is 157 g/mol. The van der Waals surface area contributed by atoms with E-state index in [2.05, 4.69) is 0 Å². The second-order valence-corrected chi connectivity index (χ2v) is 2.95. The lowest BCUT2D eigenvalue weighted by atomic mass is 10.0. The zero-order valence-electron chi connectivity index (χ0n) is 8.11. The van der Waals surface area contributed by atoms with E-state index >= 15 is 0 Å². The summed E-state index contributed by atoms with van der Waals surface area (Å²) in [6.07, 6.45) is 0. The van der Waals surface area contributed by atoms with Crippen LogP contribution < -0.4 is 0 Å². The minimum absolute atomic E-state index is 0.128. The van der Waals surface area contributed by atoms with Crippen molar-refractivity contribution in [1.29, 1.82) is 0 Å². The second-order valence-electron chi connectivity index (χ2n) is 2.54. The summed E-state index contributed by atoms with van der Waals surface area (Å²) in [5.74, 6) is 0.277. The summed E-state index contributed by atoms with van der Waals surface area (Å²) in [7, 11) is 0. The molecule has 1 rings (SSSR count). The maximum Gasteiger partial charge on any atom is 0.0639 e. The minimum Gasteiger partial charge on any atom is -0.0843 e. The number of halogens is 1. The molecule has 0 fully saturated rings. The Labute approximate surface area is 69.6 Å². The van der Waals surface area contributed by atoms with Crippen molar-refractivity contribution in [2.75, 3.05) is 0 Å². The fourth-order valence-electron chi connectivity index (χ4n) is 0.715. The molecule has 0 spiro atoms. The molecule has 0 aromatic heterocycles. The molecule has 0 saturated carbocycles. The Morgan fingerprint density at radius 3 is 2.70 bits per heavy atom. The largest absolute Gasteiger partial charge is 0.0843 e. The maximum absolute atomic E-state index is 7.59. The van der Waals surface area contributed by atoms with Gasteiger partial charge in [-0.05, 0) is 23.6 Å². The lowest BCUT2D eigenvalue weighted by Crippen LogP contribution is -1.84. The molecule has 0 N–H and O–H groups in total. The summed E-state index contributed by atoms with van der Waals surface area (Å²) >= 11 is 5.68. The lowest BCUT2D eigenvalue weighted by molar-refractivity contribution is 0.867. The van der Waals surface area contributed by atoms with Gasteiger partial charge in [-0.2, -0.15) is 0 Å². The third-order valence-electron chi connectivity index (χ3n) is 1.36. The van der Waals surface area contributed by atoms with Gasteiger partial charge in [-0.1, -0.05) is 37.6 Å². The van der Waals surface area contributed by atoms with E-state index < -0.39 is 0 Å². The van der Waals surface area contributed by atoms with Gasteiger partial charge in [0, 0.05) is 5.02 Å². The number of hydrogen-bond acceptors (Lipinski definition) is 0. The van der Waals surface area contributed by atoms with E-state index in [-0.39, 0.29) is 18.0 Å². The molecule has 1 aromatic carbocycles. The van der Waals surface area contributed by atoms with Crippen molar-refractivity contribution >= 4 is 11.6 Å². The first kappa shape index (κ1) is 5.20. The van der Waals surface area contributed by atoms with Crippen LogP contribution in [0.2, 0.25) is 5.02 Å². The summed E-state index contributed by atoms with van der Waals surface area (Å²) in [6.45, 7) is 4.00. The SMILES string of the molecule is [2H]c1c(Cl)ccc(C(C)C)c1[2H]. The highest BCUT2D eigenvalue weighted by molar-refractivity contribution is 6.30. The van der Waals surface area contributed by atoms with Gasteiger partial charge in [-0.3, -0.25) is 0 Å². The molecule has 0 aliphatic carbocycles. The van der Waals surface area contributed by atoms with Gasteiger partial charge in [0.15, 0.2) is 0 Å². The molecule has 0 bridgehead atoms. The molecule has 0 heterocycles. The van der Waals surface area contributed by atoms with Crippen molar-refractivity contribution in [2.24, 2.45) is 0 Å². The molecule has 0 atom stereocenters. The molecule has 0 aliphatic rings. The Kier molecular flexibility index (Phi) is 1.59. The number of hydrogen-bond donors (Lipinski definition) is 0. The molecule has 0 unspecified atom stereocenters. The summed E-state index contributed by atoms with van der Waals surface area (Å²) in [4.78, 5) is 0. The quantitative estimate of drug-likeness (QED) is 0.584. The first-order valence-electron chi connectivity index (χ1n) is 4.29. The van der Waals surface area contributed by atoms with Crippen LogP contribution in [0.15, 0.2) is 24.2 Å². The Balaban J connectivity index is 3.27. The third-order valence-corrected chi connectivity index (χ3v) is 1.58. The van der Waals surface area contributed by atoms with Crippen molar-refractivity contribution in [2.45, 2.75) is 19.8 Å². The monoisotopic (exact) mass is 156 g/mol. The zero-order valence-corrected chi connectivity index (χ0v) is 6.87. The Morgan fingerprint density at radius 1 is 1.40 bits per heavy atom. The smallest absolute Gasteiger partial charge is 0.0639 e. The summed E-state index contributed by atoms with van der Waals surface area (Å²) in [6, 6.07) is 3.87. The third kappa shape index (κ3) is 1.74. The topological polar surface area (TPSA) is 0 Å². The molecule has 0 nitrogen and oxygen atoms in total. The zero-order chi connectivity index (χ0) is 9.30. The Bertz CT molecular complexity index is 295. The van der Waals surface area contributed by atoms with Crippen molar-refractivity contribution in [3.05, 3.63) is 34.8 Å². The lowest BCUT2D eigenvalue weighted by Gasteiger charge is -2.03. The highest BCUT2D eigenvalue weighted by Crippen LogP contribution is 2.16. The van der Waals surface area contributed by atoms with E-state index in [1.54, 1.807) is 6.07 Å². The van der Waals surface area contributed by atoms with E-state index in [4.69, 9.17) is 14.3 Å². The van der Waals surface area contributed by atoms with Gasteiger partial charge in [-0.25, -0.2) is 0 Å². The van der Waals surface area contributed by atoms with E-state index in [1.807, 2.05) is 19.9 Å². The molecule has 0 aliphatic heterocycles. The van der Waals surface area contributed by atoms with E-state index in [9.17, 15) is 0 Å². The van der Waals surface area contributed by atoms with Crippen LogP contribution >= 0.6 is 11.6 Å². The fourth-order valence-corrected chi connectivity index (χ4v) is 0.825. The van der Waals surface area contributed by atoms with Gasteiger partial charge in [0.05, 0.1) is 2.74 Å². The van der Waals surface area contributed by atoms with Crippen molar-refractivity contribution in [3.8, 4) is 0 Å². The highest BCUT2D eigenvalue weighted by atomic mass is 35.5. The molecule has 54 valence electrons. The van der Waals surface area contributed by atoms with Crippen molar-refractivity contribution < 1.29 is 2.74 Å². The molecule has 0 radical (unpaired) electrons. The molecular weight excluding hydrogens is 144 g/mol. The van der Waals surface area contributed by atoms with Crippen LogP contribution in [0.5, 0.6) is 0 Å². The van der Waals surface area contributed by atoms with Gasteiger partial charge < -0.3 is 0 Å². The summed E-state index contributed by atoms with van der Waals surface area (Å²) in [5.41, 5.74) is 0.879. The second kappa shape index (κ2) is 3.07. The Morgan fingerprint density at radius 2 is 2.10 bits per heavy atom. The first-order chi connectivity index (χ1) is 5.54. The first-order valence-corrected chi connectivity index (χ1v) is 3.67. The van der Waals surface area contributed by atoms with E-state index in [1.165, 1.54) is 0 Å². The van der Waals surface area contributed by atoms with Crippen LogP contribution in [-0.4, -0.2) is 0 Å². The van der Waals surface area contributed by atoms with Crippen LogP contribution in [0, 0.1) is 0 Å². The normalized spacial score (nSPS) is 13.2. The predicted octanol–water partition coefficient (Wildman–Crippen LogP) is 3.46. The fraction of sp³-hybridized carbons (Fsp3) is 0.333. The molecule has 1 aromatic rings. The molecular formula is C9H11Cl. The van der Waals surface area contributed by atoms with Crippen molar-refractivity contribution in [1.82, 2.24) is 0 Å². The van der Waals surface area contributed by atoms with Crippen molar-refractivity contribution in [3.63, 3.8) is 0 Å². The molecule has 0 amide bonds. The standard InChI is InChI=1S/C9H11Cl/c1-7(2)8-3-5-9(10)6-4-8/h3-7H,1-2H3/i3D,5D. The predicted molar refractivity (Wildman–Crippen MR) is 45.5 cm³/mol. The van der Waals surface area contributed by atoms with Crippen LogP contribution in [0.25, 0.3) is 0 Å². The van der Waals surface area contributed by atoms with Crippen LogP contribution in [0.3, 0.4) is 0 Å². The molecule has 0 saturated heterocycles. The van der Waals surface area contributed by atoms with E-state index in [0.29, 0.717) is 5.02 Å². The van der Waals surface area contributed by atoms with Gasteiger partial charge in [0.25, 0.3) is 0 Å². The van der Waals surface area contributed by atoms with Gasteiger partial charge in [0.1, 0.15) is 0 Å². The summed E-state index contributed by atoms with van der Waals surface area (Å²) < 4.78 is 15.1. The van der Waals surface area contributed by atoms with Crippen LogP contribution in [0.1, 0.15) is 28.1 Å². The van der Waals surface area contributed by atoms with Gasteiger partial charge in [-0.15, -0.1) is 0 Å². The molecule has 1 heteroatoms. The average Bonchev–Trinajstić information content (AvgIpc) is 2.00. The highest BCUT2D eigenvalue weighted by Gasteiger charge is 1.96. The Hall–Kier alpha value is -0.490. The van der Waals surface area contributed by atoms with Crippen LogP contribution in [-0.2, 0) is 0 Å². The number of benzene rings is 1. The minimum atomic E-state index is 0.128. The molecule has 10 heavy (non-hydrogen) atoms. The van der Waals surface area contributed by atoms with Crippen LogP contribution in [0.4, 0.5) is 0 Å².